The molecule has 2 aromatic rings. The van der Waals surface area contributed by atoms with E-state index in [1.54, 1.807) is 19.2 Å². The monoisotopic (exact) mass is 284 g/mol. The lowest BCUT2D eigenvalue weighted by atomic mass is 10.1. The van der Waals surface area contributed by atoms with Crippen molar-refractivity contribution in [1.82, 2.24) is 0 Å². The average Bonchev–Trinajstić information content (AvgIpc) is 2.96. The number of fused-ring (bicyclic) bond motifs is 1. The van der Waals surface area contributed by atoms with Gasteiger partial charge < -0.3 is 19.3 Å². The first kappa shape index (κ1) is 13.4. The molecular formula is C17H16O4. The molecule has 0 amide bonds. The van der Waals surface area contributed by atoms with Gasteiger partial charge in [0.05, 0.1) is 7.11 Å². The SMILES string of the molecule is COc1cccc(O)c1C/C=C/c1ccc2c(c1)OCO2. The molecule has 2 aromatic carbocycles. The molecule has 0 atom stereocenters. The van der Waals surface area contributed by atoms with Gasteiger partial charge in [-0.05, 0) is 36.2 Å². The van der Waals surface area contributed by atoms with E-state index in [4.69, 9.17) is 14.2 Å². The fourth-order valence-electron chi connectivity index (χ4n) is 2.28. The molecule has 0 saturated heterocycles. The second-order valence-electron chi connectivity index (χ2n) is 4.68. The zero-order chi connectivity index (χ0) is 14.7. The third-order valence-corrected chi connectivity index (χ3v) is 3.36. The van der Waals surface area contributed by atoms with Crippen LogP contribution in [0.1, 0.15) is 11.1 Å². The minimum atomic E-state index is 0.240. The molecule has 3 rings (SSSR count). The highest BCUT2D eigenvalue weighted by atomic mass is 16.7. The smallest absolute Gasteiger partial charge is 0.231 e. The molecule has 0 aromatic heterocycles. The predicted molar refractivity (Wildman–Crippen MR) is 80.0 cm³/mol. The summed E-state index contributed by atoms with van der Waals surface area (Å²) < 4.78 is 15.9. The molecule has 1 aliphatic heterocycles. The van der Waals surface area contributed by atoms with Crippen molar-refractivity contribution in [2.75, 3.05) is 13.9 Å². The van der Waals surface area contributed by atoms with Crippen molar-refractivity contribution in [1.29, 1.82) is 0 Å². The molecule has 4 heteroatoms. The molecule has 0 unspecified atom stereocenters. The number of allylic oxidation sites excluding steroid dienone is 1. The Hall–Kier alpha value is -2.62. The molecule has 0 bridgehead atoms. The summed E-state index contributed by atoms with van der Waals surface area (Å²) in [5, 5.41) is 9.90. The highest BCUT2D eigenvalue weighted by molar-refractivity contribution is 5.57. The van der Waals surface area contributed by atoms with Crippen LogP contribution < -0.4 is 14.2 Å². The molecule has 4 nitrogen and oxygen atoms in total. The highest BCUT2D eigenvalue weighted by Crippen LogP contribution is 2.33. The molecule has 108 valence electrons. The first-order valence-corrected chi connectivity index (χ1v) is 6.69. The van der Waals surface area contributed by atoms with Crippen molar-refractivity contribution < 1.29 is 19.3 Å². The van der Waals surface area contributed by atoms with Crippen LogP contribution >= 0.6 is 0 Å². The van der Waals surface area contributed by atoms with Gasteiger partial charge >= 0.3 is 0 Å². The van der Waals surface area contributed by atoms with Gasteiger partial charge in [0, 0.05) is 5.56 Å². The van der Waals surface area contributed by atoms with Gasteiger partial charge in [0.25, 0.3) is 0 Å². The largest absolute Gasteiger partial charge is 0.508 e. The van der Waals surface area contributed by atoms with Gasteiger partial charge in [0.2, 0.25) is 6.79 Å². The van der Waals surface area contributed by atoms with Crippen LogP contribution in [0, 0.1) is 0 Å². The second kappa shape index (κ2) is 5.79. The Morgan fingerprint density at radius 3 is 2.90 bits per heavy atom. The van der Waals surface area contributed by atoms with Crippen LogP contribution in [-0.4, -0.2) is 19.0 Å². The average molecular weight is 284 g/mol. The predicted octanol–water partition coefficient (Wildman–Crippen LogP) is 3.39. The molecule has 0 aliphatic carbocycles. The van der Waals surface area contributed by atoms with E-state index in [9.17, 15) is 5.11 Å². The zero-order valence-electron chi connectivity index (χ0n) is 11.7. The summed E-state index contributed by atoms with van der Waals surface area (Å²) in [6.07, 6.45) is 4.55. The molecule has 21 heavy (non-hydrogen) atoms. The van der Waals surface area contributed by atoms with Gasteiger partial charge in [0.15, 0.2) is 11.5 Å². The summed E-state index contributed by atoms with van der Waals surface area (Å²) in [5.41, 5.74) is 1.80. The number of phenols is 1. The maximum atomic E-state index is 9.90. The first-order valence-electron chi connectivity index (χ1n) is 6.69. The summed E-state index contributed by atoms with van der Waals surface area (Å²) in [4.78, 5) is 0. The number of rotatable bonds is 4. The van der Waals surface area contributed by atoms with Crippen molar-refractivity contribution in [2.24, 2.45) is 0 Å². The van der Waals surface area contributed by atoms with E-state index in [0.29, 0.717) is 12.2 Å². The lowest BCUT2D eigenvalue weighted by Crippen LogP contribution is -1.92. The minimum Gasteiger partial charge on any atom is -0.508 e. The third kappa shape index (κ3) is 2.79. The van der Waals surface area contributed by atoms with Gasteiger partial charge in [-0.2, -0.15) is 0 Å². The van der Waals surface area contributed by atoms with Crippen LogP contribution in [0.5, 0.6) is 23.0 Å². The lowest BCUT2D eigenvalue weighted by molar-refractivity contribution is 0.174. The molecule has 0 fully saturated rings. The first-order chi connectivity index (χ1) is 10.3. The number of ether oxygens (including phenoxy) is 3. The van der Waals surface area contributed by atoms with Crippen LogP contribution in [0.3, 0.4) is 0 Å². The molecule has 1 aliphatic rings. The van der Waals surface area contributed by atoms with Crippen molar-refractivity contribution in [3.05, 3.63) is 53.6 Å². The van der Waals surface area contributed by atoms with Crippen molar-refractivity contribution in [2.45, 2.75) is 6.42 Å². The maximum absolute atomic E-state index is 9.90. The number of hydrogen-bond acceptors (Lipinski definition) is 4. The zero-order valence-corrected chi connectivity index (χ0v) is 11.7. The standard InChI is InChI=1S/C17H16O4/c1-19-15-7-3-6-14(18)13(15)5-2-4-12-8-9-16-17(10-12)21-11-20-16/h2-4,6-10,18H,5,11H2,1H3/b4-2+. The summed E-state index contributed by atoms with van der Waals surface area (Å²) in [6, 6.07) is 11.0. The number of phenolic OH excluding ortho intramolecular Hbond substituents is 1. The highest BCUT2D eigenvalue weighted by Gasteiger charge is 2.12. The van der Waals surface area contributed by atoms with Crippen molar-refractivity contribution >= 4 is 6.08 Å². The Kier molecular flexibility index (Phi) is 3.69. The fourth-order valence-corrected chi connectivity index (χ4v) is 2.28. The summed E-state index contributed by atoms with van der Waals surface area (Å²) in [5.74, 6) is 2.46. The summed E-state index contributed by atoms with van der Waals surface area (Å²) in [7, 11) is 1.60. The Bertz CT molecular complexity index is 676. The van der Waals surface area contributed by atoms with Gasteiger partial charge in [-0.1, -0.05) is 24.3 Å². The number of aromatic hydroxyl groups is 1. The van der Waals surface area contributed by atoms with E-state index in [0.717, 1.165) is 22.6 Å². The molecule has 1 N–H and O–H groups in total. The van der Waals surface area contributed by atoms with Gasteiger partial charge in [-0.15, -0.1) is 0 Å². The molecular weight excluding hydrogens is 268 g/mol. The number of benzene rings is 2. The van der Waals surface area contributed by atoms with Crippen molar-refractivity contribution in [3.63, 3.8) is 0 Å². The van der Waals surface area contributed by atoms with E-state index in [2.05, 4.69) is 0 Å². The molecule has 0 radical (unpaired) electrons. The topological polar surface area (TPSA) is 47.9 Å². The minimum absolute atomic E-state index is 0.240. The maximum Gasteiger partial charge on any atom is 0.231 e. The van der Waals surface area contributed by atoms with Crippen LogP contribution in [0.2, 0.25) is 0 Å². The lowest BCUT2D eigenvalue weighted by Gasteiger charge is -2.08. The van der Waals surface area contributed by atoms with E-state index in [-0.39, 0.29) is 12.5 Å². The molecule has 0 spiro atoms. The van der Waals surface area contributed by atoms with Gasteiger partial charge in [-0.25, -0.2) is 0 Å². The van der Waals surface area contributed by atoms with Gasteiger partial charge in [0.1, 0.15) is 11.5 Å². The Morgan fingerprint density at radius 2 is 2.05 bits per heavy atom. The fraction of sp³-hybridized carbons (Fsp3) is 0.176. The van der Waals surface area contributed by atoms with Crippen LogP contribution in [0.15, 0.2) is 42.5 Å². The molecule has 1 heterocycles. The molecule has 0 saturated carbocycles. The van der Waals surface area contributed by atoms with Crippen LogP contribution in [0.4, 0.5) is 0 Å². The van der Waals surface area contributed by atoms with E-state index in [1.165, 1.54) is 0 Å². The van der Waals surface area contributed by atoms with E-state index >= 15 is 0 Å². The third-order valence-electron chi connectivity index (χ3n) is 3.36. The quantitative estimate of drug-likeness (QED) is 0.935. The van der Waals surface area contributed by atoms with Crippen LogP contribution in [-0.2, 0) is 6.42 Å². The van der Waals surface area contributed by atoms with Crippen molar-refractivity contribution in [3.8, 4) is 23.0 Å². The summed E-state index contributed by atoms with van der Waals surface area (Å²) in [6.45, 7) is 0.275. The van der Waals surface area contributed by atoms with E-state index in [1.807, 2.05) is 36.4 Å². The normalized spacial score (nSPS) is 12.8. The van der Waals surface area contributed by atoms with Crippen LogP contribution in [0.25, 0.3) is 6.08 Å². The Morgan fingerprint density at radius 1 is 1.19 bits per heavy atom. The second-order valence-corrected chi connectivity index (χ2v) is 4.68. The summed E-state index contributed by atoms with van der Waals surface area (Å²) >= 11 is 0. The van der Waals surface area contributed by atoms with E-state index < -0.39 is 0 Å². The Balaban J connectivity index is 1.76. The number of hydrogen-bond donors (Lipinski definition) is 1. The number of methoxy groups -OCH3 is 1. The Labute approximate surface area is 123 Å². The van der Waals surface area contributed by atoms with Gasteiger partial charge in [-0.3, -0.25) is 0 Å².